The summed E-state index contributed by atoms with van der Waals surface area (Å²) >= 11 is 0. The number of esters is 1. The first-order chi connectivity index (χ1) is 14.5. The van der Waals surface area contributed by atoms with E-state index < -0.39 is 29.3 Å². The number of nitrogens with zero attached hydrogens (tertiary/aromatic N) is 1. The van der Waals surface area contributed by atoms with Crippen LogP contribution in [0.15, 0.2) is 66.0 Å². The van der Waals surface area contributed by atoms with Gasteiger partial charge in [-0.2, -0.15) is 0 Å². The molecule has 0 unspecified atom stereocenters. The van der Waals surface area contributed by atoms with Gasteiger partial charge in [0.1, 0.15) is 22.8 Å². The van der Waals surface area contributed by atoms with Crippen LogP contribution in [0.2, 0.25) is 0 Å². The molecule has 1 N–H and O–H groups in total. The summed E-state index contributed by atoms with van der Waals surface area (Å²) in [5, 5.41) is 2.44. The molecule has 2 aliphatic heterocycles. The molecule has 2 heterocycles. The van der Waals surface area contributed by atoms with Gasteiger partial charge in [0.2, 0.25) is 5.78 Å². The molecule has 4 rings (SSSR count). The first-order valence-electron chi connectivity index (χ1n) is 9.15. The Morgan fingerprint density at radius 3 is 2.57 bits per heavy atom. The van der Waals surface area contributed by atoms with E-state index in [-0.39, 0.29) is 17.0 Å². The van der Waals surface area contributed by atoms with Crippen molar-refractivity contribution in [3.63, 3.8) is 0 Å². The van der Waals surface area contributed by atoms with E-state index in [1.807, 2.05) is 6.92 Å². The van der Waals surface area contributed by atoms with Crippen LogP contribution in [0.25, 0.3) is 6.08 Å². The van der Waals surface area contributed by atoms with Crippen LogP contribution in [0.3, 0.4) is 0 Å². The highest BCUT2D eigenvalue weighted by molar-refractivity contribution is 6.28. The zero-order valence-electron chi connectivity index (χ0n) is 15.9. The van der Waals surface area contributed by atoms with Crippen LogP contribution >= 0.6 is 0 Å². The third-order valence-corrected chi connectivity index (χ3v) is 4.49. The Labute approximate surface area is 171 Å². The minimum atomic E-state index is -0.932. The highest BCUT2D eigenvalue weighted by atomic mass is 16.5. The molecule has 0 bridgehead atoms. The summed E-state index contributed by atoms with van der Waals surface area (Å²) in [5.41, 5.74) is 0.352. The standard InChI is InChI=1S/C22H16N2O6/c1-2-29-17-9-5-3-7-13(17)11-16-20(26)24(22(28)23-16)12-15-19(25)14-8-4-6-10-18(14)30-21(15)27/h3-12H,2H2,1H3,(H,23,28)/b15-12-,16-11+. The lowest BCUT2D eigenvalue weighted by molar-refractivity contribution is -0.130. The number of rotatable bonds is 4. The molecule has 2 aliphatic rings. The number of carbonyl (C=O) groups excluding carboxylic acids is 4. The molecule has 0 atom stereocenters. The Balaban J connectivity index is 1.66. The number of hydrogen-bond donors (Lipinski definition) is 1. The second-order valence-electron chi connectivity index (χ2n) is 6.39. The smallest absolute Gasteiger partial charge is 0.349 e. The van der Waals surface area contributed by atoms with E-state index >= 15 is 0 Å². The van der Waals surface area contributed by atoms with Crippen LogP contribution < -0.4 is 14.8 Å². The van der Waals surface area contributed by atoms with Crippen LogP contribution in [0, 0.1) is 0 Å². The summed E-state index contributed by atoms with van der Waals surface area (Å²) in [6, 6.07) is 12.5. The van der Waals surface area contributed by atoms with Gasteiger partial charge in [-0.05, 0) is 31.2 Å². The Morgan fingerprint density at radius 1 is 1.03 bits per heavy atom. The molecule has 30 heavy (non-hydrogen) atoms. The molecular formula is C22H16N2O6. The predicted molar refractivity (Wildman–Crippen MR) is 105 cm³/mol. The van der Waals surface area contributed by atoms with Crippen molar-refractivity contribution in [3.05, 3.63) is 77.1 Å². The molecule has 0 spiro atoms. The number of urea groups is 1. The number of hydrogen-bond acceptors (Lipinski definition) is 6. The van der Waals surface area contributed by atoms with E-state index in [1.54, 1.807) is 36.4 Å². The number of para-hydroxylation sites is 2. The third kappa shape index (κ3) is 3.35. The number of imide groups is 1. The molecule has 0 aliphatic carbocycles. The van der Waals surface area contributed by atoms with Gasteiger partial charge in [-0.3, -0.25) is 9.59 Å². The van der Waals surface area contributed by atoms with Gasteiger partial charge in [0.25, 0.3) is 5.91 Å². The molecular weight excluding hydrogens is 388 g/mol. The van der Waals surface area contributed by atoms with Gasteiger partial charge < -0.3 is 14.8 Å². The SMILES string of the molecule is CCOc1ccccc1/C=C1/NC(=O)N(/C=C2\C(=O)Oc3ccccc3C2=O)C1=O. The molecule has 1 fully saturated rings. The molecule has 2 aromatic rings. The molecule has 0 radical (unpaired) electrons. The third-order valence-electron chi connectivity index (χ3n) is 4.49. The summed E-state index contributed by atoms with van der Waals surface area (Å²) in [7, 11) is 0. The van der Waals surface area contributed by atoms with Crippen molar-refractivity contribution in [1.29, 1.82) is 0 Å². The number of carbonyl (C=O) groups is 4. The maximum absolute atomic E-state index is 12.7. The van der Waals surface area contributed by atoms with E-state index in [0.29, 0.717) is 22.8 Å². The lowest BCUT2D eigenvalue weighted by Crippen LogP contribution is -2.31. The lowest BCUT2D eigenvalue weighted by Gasteiger charge is -2.17. The van der Waals surface area contributed by atoms with Gasteiger partial charge in [0.15, 0.2) is 0 Å². The van der Waals surface area contributed by atoms with Crippen molar-refractivity contribution in [2.24, 2.45) is 0 Å². The molecule has 0 aromatic heterocycles. The second kappa shape index (κ2) is 7.67. The normalized spacial score (nSPS) is 18.5. The van der Waals surface area contributed by atoms with Crippen LogP contribution in [0.5, 0.6) is 11.5 Å². The molecule has 8 heteroatoms. The van der Waals surface area contributed by atoms with E-state index in [9.17, 15) is 19.2 Å². The molecule has 0 saturated carbocycles. The van der Waals surface area contributed by atoms with Crippen molar-refractivity contribution in [1.82, 2.24) is 10.2 Å². The van der Waals surface area contributed by atoms with Gasteiger partial charge in [0.05, 0.1) is 12.2 Å². The molecule has 3 amide bonds. The largest absolute Gasteiger partial charge is 0.493 e. The summed E-state index contributed by atoms with van der Waals surface area (Å²) < 4.78 is 10.7. The predicted octanol–water partition coefficient (Wildman–Crippen LogP) is 2.66. The highest BCUT2D eigenvalue weighted by Crippen LogP contribution is 2.28. The maximum atomic E-state index is 12.7. The van der Waals surface area contributed by atoms with Gasteiger partial charge in [-0.1, -0.05) is 30.3 Å². The van der Waals surface area contributed by atoms with Crippen molar-refractivity contribution in [3.8, 4) is 11.5 Å². The van der Waals surface area contributed by atoms with Gasteiger partial charge in [-0.15, -0.1) is 0 Å². The molecule has 150 valence electrons. The second-order valence-corrected chi connectivity index (χ2v) is 6.39. The maximum Gasteiger partial charge on any atom is 0.349 e. The van der Waals surface area contributed by atoms with Crippen LogP contribution in [0.1, 0.15) is 22.8 Å². The van der Waals surface area contributed by atoms with Crippen molar-refractivity contribution >= 4 is 29.8 Å². The van der Waals surface area contributed by atoms with E-state index in [2.05, 4.69) is 5.32 Å². The number of ketones is 1. The number of Topliss-reactive ketones (excluding diaryl/α,β-unsaturated/α-hetero) is 1. The summed E-state index contributed by atoms with van der Waals surface area (Å²) in [4.78, 5) is 50.7. The minimum absolute atomic E-state index is 0.0129. The highest BCUT2D eigenvalue weighted by Gasteiger charge is 2.37. The number of amides is 3. The first kappa shape index (κ1) is 19.1. The van der Waals surface area contributed by atoms with Gasteiger partial charge >= 0.3 is 12.0 Å². The number of benzene rings is 2. The minimum Gasteiger partial charge on any atom is -0.493 e. The average Bonchev–Trinajstić information content (AvgIpc) is 2.99. The van der Waals surface area contributed by atoms with E-state index in [0.717, 1.165) is 6.20 Å². The van der Waals surface area contributed by atoms with E-state index in [1.165, 1.54) is 18.2 Å². The average molecular weight is 404 g/mol. The monoisotopic (exact) mass is 404 g/mol. The topological polar surface area (TPSA) is 102 Å². The van der Waals surface area contributed by atoms with Crippen molar-refractivity contribution in [2.75, 3.05) is 6.61 Å². The van der Waals surface area contributed by atoms with Crippen molar-refractivity contribution in [2.45, 2.75) is 6.92 Å². The summed E-state index contributed by atoms with van der Waals surface area (Å²) in [5.74, 6) is -1.58. The van der Waals surface area contributed by atoms with Crippen molar-refractivity contribution < 1.29 is 28.7 Å². The fourth-order valence-corrected chi connectivity index (χ4v) is 3.08. The lowest BCUT2D eigenvalue weighted by atomic mass is 10.0. The van der Waals surface area contributed by atoms with E-state index in [4.69, 9.17) is 9.47 Å². The Hall–Kier alpha value is -4.20. The first-order valence-corrected chi connectivity index (χ1v) is 9.15. The number of nitrogens with one attached hydrogen (secondary N) is 1. The quantitative estimate of drug-likeness (QED) is 0.276. The molecule has 2 aromatic carbocycles. The van der Waals surface area contributed by atoms with Crippen LogP contribution in [-0.4, -0.2) is 35.2 Å². The Morgan fingerprint density at radius 2 is 1.77 bits per heavy atom. The Kier molecular flexibility index (Phi) is 4.89. The van der Waals surface area contributed by atoms with Crippen LogP contribution in [-0.2, 0) is 9.59 Å². The summed E-state index contributed by atoms with van der Waals surface area (Å²) in [6.07, 6.45) is 2.38. The van der Waals surface area contributed by atoms with Gasteiger partial charge in [0, 0.05) is 11.8 Å². The zero-order chi connectivity index (χ0) is 21.3. The molecule has 1 saturated heterocycles. The van der Waals surface area contributed by atoms with Gasteiger partial charge in [-0.25, -0.2) is 14.5 Å². The van der Waals surface area contributed by atoms with Crippen LogP contribution in [0.4, 0.5) is 4.79 Å². The fraction of sp³-hybridized carbons (Fsp3) is 0.0909. The molecule has 8 nitrogen and oxygen atoms in total. The number of ether oxygens (including phenoxy) is 2. The Bertz CT molecular complexity index is 1150. The summed E-state index contributed by atoms with van der Waals surface area (Å²) in [6.45, 7) is 2.27. The fourth-order valence-electron chi connectivity index (χ4n) is 3.08. The zero-order valence-corrected chi connectivity index (χ0v) is 15.9. The number of fused-ring (bicyclic) bond motifs is 1.